The molecule has 13 nitrogen and oxygen atoms in total. The highest BCUT2D eigenvalue weighted by Crippen LogP contribution is 2.28. The number of nitrogens with zero attached hydrogens (tertiary/aromatic N) is 7. The number of pyridine rings is 1. The van der Waals surface area contributed by atoms with E-state index in [9.17, 15) is 46.1 Å². The molecule has 3 N–H and O–H groups in total. The molecule has 1 aromatic carbocycles. The van der Waals surface area contributed by atoms with E-state index in [2.05, 4.69) is 30.2 Å². The van der Waals surface area contributed by atoms with Crippen molar-refractivity contribution in [2.75, 3.05) is 6.54 Å². The zero-order valence-corrected chi connectivity index (χ0v) is 23.9. The summed E-state index contributed by atoms with van der Waals surface area (Å²) in [5.41, 5.74) is -2.40. The van der Waals surface area contributed by atoms with E-state index in [-0.39, 0.29) is 23.0 Å². The number of carbonyl (C=O) groups is 1. The van der Waals surface area contributed by atoms with E-state index >= 15 is 0 Å². The third-order valence-corrected chi connectivity index (χ3v) is 6.01. The van der Waals surface area contributed by atoms with Gasteiger partial charge in [0.05, 0.1) is 12.1 Å². The van der Waals surface area contributed by atoms with Gasteiger partial charge >= 0.3 is 18.2 Å². The van der Waals surface area contributed by atoms with Gasteiger partial charge in [0.2, 0.25) is 5.82 Å². The van der Waals surface area contributed by atoms with Crippen molar-refractivity contribution in [3.8, 4) is 23.0 Å². The molecule has 1 unspecified atom stereocenters. The summed E-state index contributed by atoms with van der Waals surface area (Å²) in [6.45, 7) is 0.481. The second kappa shape index (κ2) is 12.5. The highest BCUT2D eigenvalue weighted by Gasteiger charge is 2.39. The minimum Gasteiger partial charge on any atom is -0.402 e. The number of amides is 1. The topological polar surface area (TPSA) is 162 Å². The fraction of sp³-hybridized carbons (Fsp3) is 0.360. The molecule has 1 atom stereocenters. The van der Waals surface area contributed by atoms with Gasteiger partial charge < -0.3 is 20.3 Å². The van der Waals surface area contributed by atoms with Gasteiger partial charge in [-0.05, 0) is 50.2 Å². The van der Waals surface area contributed by atoms with Crippen molar-refractivity contribution in [3.63, 3.8) is 0 Å². The summed E-state index contributed by atoms with van der Waals surface area (Å²) < 4.78 is 84.7. The van der Waals surface area contributed by atoms with E-state index in [0.717, 1.165) is 18.3 Å². The Morgan fingerprint density at radius 1 is 1.09 bits per heavy atom. The van der Waals surface area contributed by atoms with Crippen LogP contribution in [-0.2, 0) is 13.1 Å². The SMILES string of the molecule is CC(C)(O)CNC(=O)c1nc(Cn2nc(-c3ccc(Cl)cc3)n(CC(O)C(F)(F)F)c2=O)nn1-c1ncccc1OC(F)(F)F. The lowest BCUT2D eigenvalue weighted by atomic mass is 10.1. The molecule has 0 bridgehead atoms. The highest BCUT2D eigenvalue weighted by molar-refractivity contribution is 6.30. The first-order chi connectivity index (χ1) is 20.8. The maximum Gasteiger partial charge on any atom is 0.573 e. The number of halogens is 7. The number of nitrogens with one attached hydrogen (secondary N) is 1. The zero-order chi connectivity index (χ0) is 33.3. The van der Waals surface area contributed by atoms with Crippen LogP contribution in [0.2, 0.25) is 5.02 Å². The summed E-state index contributed by atoms with van der Waals surface area (Å²) in [4.78, 5) is 34.1. The first-order valence-electron chi connectivity index (χ1n) is 12.7. The van der Waals surface area contributed by atoms with Crippen LogP contribution in [0, 0.1) is 0 Å². The van der Waals surface area contributed by atoms with E-state index in [1.807, 2.05) is 0 Å². The lowest BCUT2D eigenvalue weighted by Crippen LogP contribution is -2.39. The van der Waals surface area contributed by atoms with Crippen LogP contribution in [0.5, 0.6) is 5.75 Å². The van der Waals surface area contributed by atoms with E-state index < -0.39 is 72.1 Å². The normalized spacial score (nSPS) is 13.1. The monoisotopic (exact) mass is 664 g/mol. The Labute approximate surface area is 253 Å². The molecule has 0 aliphatic carbocycles. The van der Waals surface area contributed by atoms with Gasteiger partial charge in [0.15, 0.2) is 29.3 Å². The molecule has 0 spiro atoms. The molecule has 0 aliphatic rings. The summed E-state index contributed by atoms with van der Waals surface area (Å²) in [5.74, 6) is -3.86. The Bertz CT molecular complexity index is 1730. The molecule has 4 aromatic rings. The van der Waals surface area contributed by atoms with Crippen molar-refractivity contribution >= 4 is 17.5 Å². The van der Waals surface area contributed by atoms with Crippen molar-refractivity contribution in [1.82, 2.24) is 39.4 Å². The number of hydrogen-bond donors (Lipinski definition) is 3. The largest absolute Gasteiger partial charge is 0.573 e. The minimum atomic E-state index is -5.16. The molecule has 0 aliphatic heterocycles. The van der Waals surface area contributed by atoms with Crippen LogP contribution < -0.4 is 15.7 Å². The molecule has 20 heteroatoms. The van der Waals surface area contributed by atoms with Crippen LogP contribution in [0.1, 0.15) is 30.3 Å². The number of alkyl halides is 6. The van der Waals surface area contributed by atoms with Crippen molar-refractivity contribution in [3.05, 3.63) is 69.8 Å². The summed E-state index contributed by atoms with van der Waals surface area (Å²) in [6.07, 6.45) is -12.1. The van der Waals surface area contributed by atoms with E-state index in [0.29, 0.717) is 13.9 Å². The summed E-state index contributed by atoms with van der Waals surface area (Å²) in [7, 11) is 0. The fourth-order valence-corrected chi connectivity index (χ4v) is 3.90. The van der Waals surface area contributed by atoms with E-state index in [1.54, 1.807) is 0 Å². The minimum absolute atomic E-state index is 0.150. The van der Waals surface area contributed by atoms with Crippen molar-refractivity contribution in [2.45, 2.75) is 51.2 Å². The molecule has 0 radical (unpaired) electrons. The first kappa shape index (κ1) is 33.4. The fourth-order valence-electron chi connectivity index (χ4n) is 3.77. The number of aromatic nitrogens is 7. The molecule has 1 amide bonds. The van der Waals surface area contributed by atoms with Crippen LogP contribution in [0.25, 0.3) is 17.2 Å². The number of benzene rings is 1. The maximum absolute atomic E-state index is 13.2. The maximum atomic E-state index is 13.2. The average molecular weight is 665 g/mol. The quantitative estimate of drug-likeness (QED) is 0.217. The number of aliphatic hydroxyl groups excluding tert-OH is 1. The highest BCUT2D eigenvalue weighted by atomic mass is 35.5. The molecular weight excluding hydrogens is 642 g/mol. The molecular formula is C25H23ClF6N8O5. The van der Waals surface area contributed by atoms with Crippen molar-refractivity contribution < 1.29 is 46.1 Å². The lowest BCUT2D eigenvalue weighted by Gasteiger charge is -2.17. The Kier molecular flexibility index (Phi) is 9.27. The Balaban J connectivity index is 1.81. The zero-order valence-electron chi connectivity index (χ0n) is 23.1. The Morgan fingerprint density at radius 2 is 1.76 bits per heavy atom. The summed E-state index contributed by atoms with van der Waals surface area (Å²) in [6, 6.07) is 7.53. The number of hydrogen-bond acceptors (Lipinski definition) is 9. The van der Waals surface area contributed by atoms with Crippen LogP contribution >= 0.6 is 11.6 Å². The van der Waals surface area contributed by atoms with Gasteiger partial charge in [-0.15, -0.1) is 23.4 Å². The Hall–Kier alpha value is -4.49. The van der Waals surface area contributed by atoms with Crippen molar-refractivity contribution in [1.29, 1.82) is 0 Å². The van der Waals surface area contributed by atoms with Crippen LogP contribution in [0.4, 0.5) is 26.3 Å². The predicted molar refractivity (Wildman–Crippen MR) is 143 cm³/mol. The summed E-state index contributed by atoms with van der Waals surface area (Å²) in [5, 5.41) is 30.4. The van der Waals surface area contributed by atoms with Gasteiger partial charge in [0.25, 0.3) is 5.91 Å². The first-order valence-corrected chi connectivity index (χ1v) is 13.1. The van der Waals surface area contributed by atoms with Crippen LogP contribution in [-0.4, -0.2) is 81.0 Å². The number of aliphatic hydroxyl groups is 2. The lowest BCUT2D eigenvalue weighted by molar-refractivity contribution is -0.274. The van der Waals surface area contributed by atoms with E-state index in [4.69, 9.17) is 11.6 Å². The van der Waals surface area contributed by atoms with Gasteiger partial charge in [-0.3, -0.25) is 9.36 Å². The predicted octanol–water partition coefficient (Wildman–Crippen LogP) is 2.71. The smallest absolute Gasteiger partial charge is 0.402 e. The molecule has 4 rings (SSSR count). The second-order valence-electron chi connectivity index (χ2n) is 10.1. The van der Waals surface area contributed by atoms with Gasteiger partial charge in [0.1, 0.15) is 6.54 Å². The third-order valence-electron chi connectivity index (χ3n) is 5.76. The molecule has 3 aromatic heterocycles. The molecule has 242 valence electrons. The third kappa shape index (κ3) is 8.37. The Morgan fingerprint density at radius 3 is 2.36 bits per heavy atom. The van der Waals surface area contributed by atoms with Gasteiger partial charge in [0, 0.05) is 23.3 Å². The van der Waals surface area contributed by atoms with Gasteiger partial charge in [-0.25, -0.2) is 19.4 Å². The summed E-state index contributed by atoms with van der Waals surface area (Å²) >= 11 is 5.89. The standard InChI is InChI=1S/C25H23ClF6N8O5/c1-23(2,44)12-34-21(42)20-35-17(36-40(20)19-15(4-3-9-33-19)45-25(30,31)32)11-39-22(43)38(10-16(41)24(27,28)29)18(37-39)13-5-7-14(26)8-6-13/h3-9,16,41,44H,10-12H2,1-2H3,(H,34,42). The number of ether oxygens (including phenoxy) is 1. The molecule has 0 saturated carbocycles. The van der Waals surface area contributed by atoms with E-state index in [1.165, 1.54) is 38.1 Å². The number of rotatable bonds is 10. The molecule has 0 saturated heterocycles. The van der Waals surface area contributed by atoms with Crippen LogP contribution in [0.3, 0.4) is 0 Å². The number of carbonyl (C=O) groups excluding carboxylic acids is 1. The van der Waals surface area contributed by atoms with Crippen molar-refractivity contribution in [2.24, 2.45) is 0 Å². The van der Waals surface area contributed by atoms with Gasteiger partial charge in [-0.1, -0.05) is 11.6 Å². The second-order valence-corrected chi connectivity index (χ2v) is 10.5. The van der Waals surface area contributed by atoms with Gasteiger partial charge in [-0.2, -0.15) is 17.9 Å². The molecule has 45 heavy (non-hydrogen) atoms. The molecule has 3 heterocycles. The van der Waals surface area contributed by atoms with Crippen LogP contribution in [0.15, 0.2) is 47.4 Å². The molecule has 0 fully saturated rings. The average Bonchev–Trinajstić information content (AvgIpc) is 3.48.